The van der Waals surface area contributed by atoms with Gasteiger partial charge in [-0.05, 0) is 6.04 Å². The van der Waals surface area contributed by atoms with Gasteiger partial charge in [-0.2, -0.15) is 0 Å². The Morgan fingerprint density at radius 3 is 2.36 bits per heavy atom. The van der Waals surface area contributed by atoms with Gasteiger partial charge in [0.2, 0.25) is 0 Å². The van der Waals surface area contributed by atoms with Gasteiger partial charge in [0.25, 0.3) is 0 Å². The monoisotopic (exact) mass is 165 g/mol. The molecule has 0 atom stereocenters. The summed E-state index contributed by atoms with van der Waals surface area (Å²) in [7, 11) is -0.209. The molecule has 0 aliphatic carbocycles. The summed E-state index contributed by atoms with van der Waals surface area (Å²) in [5.74, 6) is 0. The first kappa shape index (κ1) is 8.49. The van der Waals surface area contributed by atoms with E-state index in [0.717, 1.165) is 0 Å². The SMILES string of the molecule is CC(C)N[SiH2]c1ccccc1. The maximum atomic E-state index is 3.50. The van der Waals surface area contributed by atoms with Crippen molar-refractivity contribution < 1.29 is 0 Å². The summed E-state index contributed by atoms with van der Waals surface area (Å²) in [5, 5.41) is 1.49. The van der Waals surface area contributed by atoms with Crippen LogP contribution in [0, 0.1) is 0 Å². The molecule has 1 N–H and O–H groups in total. The molecule has 11 heavy (non-hydrogen) atoms. The fraction of sp³-hybridized carbons (Fsp3) is 0.333. The third-order valence-electron chi connectivity index (χ3n) is 1.56. The van der Waals surface area contributed by atoms with E-state index in [1.54, 1.807) is 0 Å². The minimum absolute atomic E-state index is 0.209. The smallest absolute Gasteiger partial charge is 0.124 e. The molecular weight excluding hydrogens is 150 g/mol. The predicted molar refractivity (Wildman–Crippen MR) is 52.9 cm³/mol. The highest BCUT2D eigenvalue weighted by Gasteiger charge is 1.93. The predicted octanol–water partition coefficient (Wildman–Crippen LogP) is 0.394. The Morgan fingerprint density at radius 2 is 1.82 bits per heavy atom. The fourth-order valence-electron chi connectivity index (χ4n) is 0.918. The molecule has 0 unspecified atom stereocenters. The van der Waals surface area contributed by atoms with Gasteiger partial charge in [-0.15, -0.1) is 0 Å². The second-order valence-corrected chi connectivity index (χ2v) is 4.60. The Balaban J connectivity index is 2.39. The lowest BCUT2D eigenvalue weighted by atomic mass is 10.4. The molecular formula is C9H15NSi. The maximum absolute atomic E-state index is 3.50. The van der Waals surface area contributed by atoms with Crippen LogP contribution in [0.2, 0.25) is 0 Å². The first-order valence-electron chi connectivity index (χ1n) is 4.06. The first-order chi connectivity index (χ1) is 5.29. The van der Waals surface area contributed by atoms with Gasteiger partial charge in [-0.1, -0.05) is 49.4 Å². The van der Waals surface area contributed by atoms with Crippen LogP contribution in [0.15, 0.2) is 30.3 Å². The molecule has 1 aromatic carbocycles. The Labute approximate surface area is 70.7 Å². The number of hydrogen-bond acceptors (Lipinski definition) is 1. The van der Waals surface area contributed by atoms with E-state index in [9.17, 15) is 0 Å². The van der Waals surface area contributed by atoms with Crippen molar-refractivity contribution in [3.05, 3.63) is 30.3 Å². The van der Waals surface area contributed by atoms with E-state index >= 15 is 0 Å². The van der Waals surface area contributed by atoms with E-state index in [0.29, 0.717) is 6.04 Å². The number of rotatable bonds is 3. The topological polar surface area (TPSA) is 12.0 Å². The van der Waals surface area contributed by atoms with E-state index in [4.69, 9.17) is 0 Å². The van der Waals surface area contributed by atoms with Crippen molar-refractivity contribution >= 4 is 14.9 Å². The van der Waals surface area contributed by atoms with Gasteiger partial charge in [0.15, 0.2) is 0 Å². The Kier molecular flexibility index (Phi) is 3.33. The maximum Gasteiger partial charge on any atom is 0.124 e. The molecule has 0 heterocycles. The third kappa shape index (κ3) is 3.35. The average Bonchev–Trinajstić information content (AvgIpc) is 2.03. The van der Waals surface area contributed by atoms with E-state index in [-0.39, 0.29) is 9.68 Å². The van der Waals surface area contributed by atoms with Crippen molar-refractivity contribution in [3.63, 3.8) is 0 Å². The van der Waals surface area contributed by atoms with Crippen LogP contribution >= 0.6 is 0 Å². The Bertz CT molecular complexity index is 196. The zero-order valence-electron chi connectivity index (χ0n) is 7.17. The second kappa shape index (κ2) is 4.31. The van der Waals surface area contributed by atoms with Crippen LogP contribution in [0.5, 0.6) is 0 Å². The Morgan fingerprint density at radius 1 is 1.18 bits per heavy atom. The van der Waals surface area contributed by atoms with Gasteiger partial charge in [0.05, 0.1) is 0 Å². The lowest BCUT2D eigenvalue weighted by Gasteiger charge is -2.06. The molecule has 2 heteroatoms. The van der Waals surface area contributed by atoms with Crippen LogP contribution in [0.1, 0.15) is 13.8 Å². The lowest BCUT2D eigenvalue weighted by Crippen LogP contribution is -2.35. The molecule has 0 saturated heterocycles. The van der Waals surface area contributed by atoms with E-state index < -0.39 is 0 Å². The highest BCUT2D eigenvalue weighted by molar-refractivity contribution is 6.50. The largest absolute Gasteiger partial charge is 0.336 e. The standard InChI is InChI=1S/C9H15NSi/c1-8(2)10-11-9-6-4-3-5-7-9/h3-8,10H,11H2,1-2H3. The van der Waals surface area contributed by atoms with Crippen molar-refractivity contribution in [1.82, 2.24) is 4.98 Å². The highest BCUT2D eigenvalue weighted by Crippen LogP contribution is 1.80. The van der Waals surface area contributed by atoms with Gasteiger partial charge < -0.3 is 4.98 Å². The number of nitrogens with one attached hydrogen (secondary N) is 1. The molecule has 1 nitrogen and oxygen atoms in total. The molecule has 1 rings (SSSR count). The van der Waals surface area contributed by atoms with Crippen LogP contribution in [0.4, 0.5) is 0 Å². The molecule has 0 fully saturated rings. The lowest BCUT2D eigenvalue weighted by molar-refractivity contribution is 0.756. The number of benzene rings is 1. The summed E-state index contributed by atoms with van der Waals surface area (Å²) in [5.41, 5.74) is 0. The van der Waals surface area contributed by atoms with Crippen molar-refractivity contribution in [3.8, 4) is 0 Å². The van der Waals surface area contributed by atoms with Crippen LogP contribution in [-0.2, 0) is 0 Å². The molecule has 0 spiro atoms. The van der Waals surface area contributed by atoms with Crippen LogP contribution < -0.4 is 10.2 Å². The third-order valence-corrected chi connectivity index (χ3v) is 3.46. The van der Waals surface area contributed by atoms with E-state index in [1.807, 2.05) is 0 Å². The zero-order valence-corrected chi connectivity index (χ0v) is 8.59. The second-order valence-electron chi connectivity index (χ2n) is 3.02. The van der Waals surface area contributed by atoms with E-state index in [2.05, 4.69) is 49.2 Å². The molecule has 0 radical (unpaired) electrons. The van der Waals surface area contributed by atoms with Gasteiger partial charge >= 0.3 is 0 Å². The van der Waals surface area contributed by atoms with Gasteiger partial charge in [-0.25, -0.2) is 0 Å². The van der Waals surface area contributed by atoms with Crippen molar-refractivity contribution in [2.24, 2.45) is 0 Å². The fourth-order valence-corrected chi connectivity index (χ4v) is 2.07. The van der Waals surface area contributed by atoms with E-state index in [1.165, 1.54) is 5.19 Å². The van der Waals surface area contributed by atoms with Gasteiger partial charge in [0, 0.05) is 0 Å². The minimum Gasteiger partial charge on any atom is -0.336 e. The van der Waals surface area contributed by atoms with Gasteiger partial charge in [0.1, 0.15) is 9.68 Å². The molecule has 60 valence electrons. The molecule has 0 saturated carbocycles. The van der Waals surface area contributed by atoms with Crippen LogP contribution in [-0.4, -0.2) is 15.7 Å². The quantitative estimate of drug-likeness (QED) is 0.639. The summed E-state index contributed by atoms with van der Waals surface area (Å²) in [6, 6.07) is 11.3. The summed E-state index contributed by atoms with van der Waals surface area (Å²) in [6.07, 6.45) is 0. The summed E-state index contributed by atoms with van der Waals surface area (Å²) < 4.78 is 0. The summed E-state index contributed by atoms with van der Waals surface area (Å²) in [4.78, 5) is 3.50. The molecule has 0 aliphatic heterocycles. The van der Waals surface area contributed by atoms with Crippen molar-refractivity contribution in [2.45, 2.75) is 19.9 Å². The Hall–Kier alpha value is -0.603. The molecule has 0 amide bonds. The summed E-state index contributed by atoms with van der Waals surface area (Å²) in [6.45, 7) is 4.38. The van der Waals surface area contributed by atoms with Crippen molar-refractivity contribution in [1.29, 1.82) is 0 Å². The van der Waals surface area contributed by atoms with Gasteiger partial charge in [-0.3, -0.25) is 0 Å². The molecule has 1 aromatic rings. The molecule has 0 aliphatic rings. The van der Waals surface area contributed by atoms with Crippen LogP contribution in [0.25, 0.3) is 0 Å². The first-order valence-corrected chi connectivity index (χ1v) is 5.48. The minimum atomic E-state index is -0.209. The molecule has 0 bridgehead atoms. The average molecular weight is 165 g/mol. The molecule has 0 aromatic heterocycles. The zero-order chi connectivity index (χ0) is 8.10. The van der Waals surface area contributed by atoms with Crippen LogP contribution in [0.3, 0.4) is 0 Å². The highest BCUT2D eigenvalue weighted by atomic mass is 28.2. The summed E-state index contributed by atoms with van der Waals surface area (Å²) >= 11 is 0. The normalized spacial score (nSPS) is 11.5. The number of hydrogen-bond donors (Lipinski definition) is 1. The van der Waals surface area contributed by atoms with Crippen molar-refractivity contribution in [2.75, 3.05) is 0 Å².